The summed E-state index contributed by atoms with van der Waals surface area (Å²) in [7, 11) is -4.18. The summed E-state index contributed by atoms with van der Waals surface area (Å²) in [6.07, 6.45) is 0. The first-order valence-corrected chi connectivity index (χ1v) is 12.3. The second-order valence-electron chi connectivity index (χ2n) is 7.67. The van der Waals surface area contributed by atoms with Crippen molar-refractivity contribution in [1.29, 1.82) is 0 Å². The molecule has 3 rings (SSSR count). The van der Waals surface area contributed by atoms with Crippen LogP contribution in [-0.2, 0) is 14.8 Å². The van der Waals surface area contributed by atoms with E-state index in [0.717, 1.165) is 4.31 Å². The molecule has 13 heteroatoms. The molecule has 11 nitrogen and oxygen atoms in total. The summed E-state index contributed by atoms with van der Waals surface area (Å²) in [6, 6.07) is 8.96. The van der Waals surface area contributed by atoms with Gasteiger partial charge in [0, 0.05) is 32.7 Å². The number of urea groups is 1. The van der Waals surface area contributed by atoms with Crippen molar-refractivity contribution in [3.8, 4) is 11.5 Å². The number of hydrogen-bond acceptors (Lipinski definition) is 7. The van der Waals surface area contributed by atoms with Gasteiger partial charge in [0.05, 0.1) is 11.5 Å². The molecule has 0 aliphatic carbocycles. The summed E-state index contributed by atoms with van der Waals surface area (Å²) in [5.74, 6) is -0.714. The Morgan fingerprint density at radius 3 is 2.26 bits per heavy atom. The van der Waals surface area contributed by atoms with E-state index in [1.54, 1.807) is 6.92 Å². The Balaban J connectivity index is 1.79. The number of ether oxygens (including phenoxy) is 1. The smallest absolute Gasteiger partial charge is 0.320 e. The van der Waals surface area contributed by atoms with Gasteiger partial charge in [-0.15, -0.1) is 0 Å². The van der Waals surface area contributed by atoms with Gasteiger partial charge < -0.3 is 19.6 Å². The number of carbonyl (C=O) groups is 2. The van der Waals surface area contributed by atoms with Crippen molar-refractivity contribution in [2.75, 3.05) is 39.3 Å². The normalized spacial score (nSPS) is 16.6. The first kappa shape index (κ1) is 26.3. The van der Waals surface area contributed by atoms with Crippen molar-refractivity contribution in [3.05, 3.63) is 54.3 Å². The van der Waals surface area contributed by atoms with E-state index in [0.29, 0.717) is 18.0 Å². The number of halogens is 1. The lowest BCUT2D eigenvalue weighted by atomic mass is 10.2. The van der Waals surface area contributed by atoms with Gasteiger partial charge in [-0.05, 0) is 55.5 Å². The van der Waals surface area contributed by atoms with Crippen molar-refractivity contribution >= 4 is 22.0 Å². The van der Waals surface area contributed by atoms with Crippen LogP contribution in [-0.4, -0.2) is 90.1 Å². The maximum atomic E-state index is 13.3. The molecule has 3 amide bonds. The fraction of sp³-hybridized carbons (Fsp3) is 0.364. The van der Waals surface area contributed by atoms with E-state index in [2.05, 4.69) is 0 Å². The van der Waals surface area contributed by atoms with Crippen LogP contribution in [0.5, 0.6) is 11.5 Å². The van der Waals surface area contributed by atoms with Crippen LogP contribution in [0.2, 0.25) is 0 Å². The number of hydrogen-bond donors (Lipinski definition) is 3. The van der Waals surface area contributed by atoms with Gasteiger partial charge in [-0.3, -0.25) is 10.0 Å². The molecule has 190 valence electrons. The maximum absolute atomic E-state index is 13.3. The fourth-order valence-corrected chi connectivity index (χ4v) is 5.25. The number of nitrogens with zero attached hydrogens (tertiary/aromatic N) is 3. The van der Waals surface area contributed by atoms with Crippen molar-refractivity contribution in [2.24, 2.45) is 0 Å². The van der Waals surface area contributed by atoms with Gasteiger partial charge in [-0.25, -0.2) is 23.1 Å². The van der Waals surface area contributed by atoms with Gasteiger partial charge in [-0.2, -0.15) is 4.31 Å². The molecule has 1 aliphatic heterocycles. The lowest BCUT2D eigenvalue weighted by Crippen LogP contribution is -2.62. The zero-order valence-electron chi connectivity index (χ0n) is 19.0. The zero-order valence-corrected chi connectivity index (χ0v) is 19.8. The van der Waals surface area contributed by atoms with E-state index in [4.69, 9.17) is 9.84 Å². The monoisotopic (exact) mass is 510 g/mol. The van der Waals surface area contributed by atoms with E-state index in [9.17, 15) is 27.6 Å². The molecule has 2 aromatic carbocycles. The highest BCUT2D eigenvalue weighted by Gasteiger charge is 2.42. The SMILES string of the molecule is CCN(CCO)C(=O)N1CCN(S(=O)(=O)c2ccc(Oc3ccc(F)cc3)cc2)[C@@H](C(=O)NO)C1. The zero-order chi connectivity index (χ0) is 25.6. The minimum atomic E-state index is -4.18. The Bertz CT molecular complexity index is 1130. The summed E-state index contributed by atoms with van der Waals surface area (Å²) in [5, 5.41) is 18.4. The van der Waals surface area contributed by atoms with Crippen molar-refractivity contribution < 1.29 is 37.4 Å². The number of likely N-dealkylation sites (N-methyl/N-ethyl adjacent to an activating group) is 1. The highest BCUT2D eigenvalue weighted by Crippen LogP contribution is 2.26. The highest BCUT2D eigenvalue weighted by atomic mass is 32.2. The van der Waals surface area contributed by atoms with Crippen LogP contribution in [0.15, 0.2) is 53.4 Å². The van der Waals surface area contributed by atoms with Crippen LogP contribution in [0.25, 0.3) is 0 Å². The quantitative estimate of drug-likeness (QED) is 0.359. The minimum Gasteiger partial charge on any atom is -0.457 e. The van der Waals surface area contributed by atoms with Crippen LogP contribution in [0, 0.1) is 5.82 Å². The van der Waals surface area contributed by atoms with Gasteiger partial charge >= 0.3 is 6.03 Å². The van der Waals surface area contributed by atoms with Crippen molar-refractivity contribution in [3.63, 3.8) is 0 Å². The van der Waals surface area contributed by atoms with Gasteiger partial charge in [0.25, 0.3) is 5.91 Å². The van der Waals surface area contributed by atoms with Gasteiger partial charge in [0.15, 0.2) is 0 Å². The molecule has 2 aromatic rings. The first-order valence-electron chi connectivity index (χ1n) is 10.8. The molecule has 1 fully saturated rings. The molecule has 0 spiro atoms. The lowest BCUT2D eigenvalue weighted by Gasteiger charge is -2.40. The molecule has 0 saturated carbocycles. The average Bonchev–Trinajstić information content (AvgIpc) is 2.87. The Morgan fingerprint density at radius 1 is 1.11 bits per heavy atom. The highest BCUT2D eigenvalue weighted by molar-refractivity contribution is 7.89. The van der Waals surface area contributed by atoms with Crippen LogP contribution < -0.4 is 10.2 Å². The Morgan fingerprint density at radius 2 is 1.71 bits per heavy atom. The number of aliphatic hydroxyl groups excluding tert-OH is 1. The van der Waals surface area contributed by atoms with Crippen LogP contribution in [0.4, 0.5) is 9.18 Å². The molecule has 0 aromatic heterocycles. The molecule has 1 heterocycles. The molecular formula is C22H27FN4O7S. The predicted octanol–water partition coefficient (Wildman–Crippen LogP) is 1.23. The number of carbonyl (C=O) groups excluding carboxylic acids is 2. The molecule has 0 radical (unpaired) electrons. The third kappa shape index (κ3) is 6.06. The number of rotatable bonds is 8. The van der Waals surface area contributed by atoms with E-state index in [1.807, 2.05) is 0 Å². The second kappa shape index (κ2) is 11.4. The van der Waals surface area contributed by atoms with Gasteiger partial charge in [-0.1, -0.05) is 0 Å². The van der Waals surface area contributed by atoms with Crippen molar-refractivity contribution in [2.45, 2.75) is 17.9 Å². The van der Waals surface area contributed by atoms with E-state index in [1.165, 1.54) is 63.8 Å². The molecule has 3 N–H and O–H groups in total. The maximum Gasteiger partial charge on any atom is 0.320 e. The van der Waals surface area contributed by atoms with Gasteiger partial charge in [0.1, 0.15) is 23.4 Å². The number of aliphatic hydroxyl groups is 1. The third-order valence-electron chi connectivity index (χ3n) is 5.52. The number of sulfonamides is 1. The second-order valence-corrected chi connectivity index (χ2v) is 9.56. The number of amides is 3. The standard InChI is InChI=1S/C22H27FN4O7S/c1-2-25(13-14-28)22(30)26-11-12-27(20(15-26)21(29)24-31)35(32,33)19-9-7-18(8-10-19)34-17-5-3-16(23)4-6-17/h3-10,20,28,31H,2,11-15H2,1H3,(H,24,29)/t20-/m1/s1. The van der Waals surface area contributed by atoms with Crippen LogP contribution in [0.1, 0.15) is 6.92 Å². The number of piperazine rings is 1. The number of hydroxylamine groups is 1. The summed E-state index contributed by atoms with van der Waals surface area (Å²) in [5.41, 5.74) is 1.47. The molecule has 0 bridgehead atoms. The van der Waals surface area contributed by atoms with Crippen LogP contribution in [0.3, 0.4) is 0 Å². The summed E-state index contributed by atoms with van der Waals surface area (Å²) < 4.78 is 46.2. The molecular weight excluding hydrogens is 483 g/mol. The number of nitrogens with one attached hydrogen (secondary N) is 1. The van der Waals surface area contributed by atoms with Crippen LogP contribution >= 0.6 is 0 Å². The Hall–Kier alpha value is -3.26. The van der Waals surface area contributed by atoms with E-state index >= 15 is 0 Å². The number of benzene rings is 2. The summed E-state index contributed by atoms with van der Waals surface area (Å²) in [6.45, 7) is 1.46. The molecule has 1 aliphatic rings. The Kier molecular flexibility index (Phi) is 8.62. The van der Waals surface area contributed by atoms with Gasteiger partial charge in [0.2, 0.25) is 10.0 Å². The summed E-state index contributed by atoms with van der Waals surface area (Å²) >= 11 is 0. The molecule has 1 atom stereocenters. The summed E-state index contributed by atoms with van der Waals surface area (Å²) in [4.78, 5) is 27.7. The third-order valence-corrected chi connectivity index (χ3v) is 7.44. The molecule has 1 saturated heterocycles. The first-order chi connectivity index (χ1) is 16.7. The lowest BCUT2D eigenvalue weighted by molar-refractivity contribution is -0.134. The van der Waals surface area contributed by atoms with E-state index < -0.39 is 33.8 Å². The fourth-order valence-electron chi connectivity index (χ4n) is 3.68. The topological polar surface area (TPSA) is 140 Å². The predicted molar refractivity (Wildman–Crippen MR) is 122 cm³/mol. The average molecular weight is 511 g/mol. The van der Waals surface area contributed by atoms with Crippen molar-refractivity contribution in [1.82, 2.24) is 19.6 Å². The van der Waals surface area contributed by atoms with E-state index in [-0.39, 0.29) is 37.7 Å². The largest absolute Gasteiger partial charge is 0.457 e. The molecule has 35 heavy (non-hydrogen) atoms. The Labute approximate surface area is 202 Å². The minimum absolute atomic E-state index is 0.0148. The molecule has 0 unspecified atom stereocenters.